The van der Waals surface area contributed by atoms with E-state index >= 15 is 0 Å². The molecule has 2 rings (SSSR count). The first-order valence-corrected chi connectivity index (χ1v) is 6.59. The first-order valence-electron chi connectivity index (χ1n) is 6.22. The van der Waals surface area contributed by atoms with Gasteiger partial charge in [-0.1, -0.05) is 17.7 Å². The number of hydrogen-bond acceptors (Lipinski definition) is 3. The minimum absolute atomic E-state index is 0.408. The molecular weight excluding hydrogens is 262 g/mol. The van der Waals surface area contributed by atoms with E-state index in [-0.39, 0.29) is 0 Å². The van der Waals surface area contributed by atoms with E-state index in [1.165, 1.54) is 0 Å². The number of rotatable bonds is 5. The number of ether oxygens (including phenoxy) is 1. The molecule has 0 aliphatic heterocycles. The van der Waals surface area contributed by atoms with E-state index in [0.717, 1.165) is 34.9 Å². The van der Waals surface area contributed by atoms with Crippen LogP contribution in [0.5, 0.6) is 5.75 Å². The van der Waals surface area contributed by atoms with Crippen molar-refractivity contribution in [3.8, 4) is 5.75 Å². The second kappa shape index (κ2) is 6.13. The Bertz CT molecular complexity index is 563. The Morgan fingerprint density at radius 2 is 2.05 bits per heavy atom. The topological polar surface area (TPSA) is 34.4 Å². The monoisotopic (exact) mass is 279 g/mol. The predicted octanol–water partition coefficient (Wildman–Crippen LogP) is 3.85. The third-order valence-electron chi connectivity index (χ3n) is 2.96. The van der Waals surface area contributed by atoms with Crippen molar-refractivity contribution in [2.75, 3.05) is 7.05 Å². The van der Waals surface area contributed by atoms with E-state index in [2.05, 4.69) is 5.32 Å². The first kappa shape index (κ1) is 14.0. The van der Waals surface area contributed by atoms with Gasteiger partial charge in [0, 0.05) is 17.1 Å². The Morgan fingerprint density at radius 1 is 1.26 bits per heavy atom. The van der Waals surface area contributed by atoms with E-state index in [1.807, 2.05) is 45.2 Å². The molecule has 0 unspecified atom stereocenters. The highest BCUT2D eigenvalue weighted by atomic mass is 35.5. The second-order valence-corrected chi connectivity index (χ2v) is 4.96. The van der Waals surface area contributed by atoms with Crippen molar-refractivity contribution in [2.24, 2.45) is 0 Å². The molecule has 0 aliphatic carbocycles. The summed E-state index contributed by atoms with van der Waals surface area (Å²) in [5.74, 6) is 2.54. The minimum Gasteiger partial charge on any atom is -0.485 e. The fourth-order valence-electron chi connectivity index (χ4n) is 1.90. The van der Waals surface area contributed by atoms with E-state index in [4.69, 9.17) is 20.8 Å². The summed E-state index contributed by atoms with van der Waals surface area (Å²) >= 11 is 5.96. The Balaban J connectivity index is 2.06. The van der Waals surface area contributed by atoms with Crippen molar-refractivity contribution in [2.45, 2.75) is 27.0 Å². The van der Waals surface area contributed by atoms with Crippen LogP contribution in [0.1, 0.15) is 22.6 Å². The molecule has 0 amide bonds. The van der Waals surface area contributed by atoms with Gasteiger partial charge >= 0.3 is 0 Å². The van der Waals surface area contributed by atoms with Crippen molar-refractivity contribution in [1.82, 2.24) is 5.32 Å². The van der Waals surface area contributed by atoms with Gasteiger partial charge in [-0.05, 0) is 44.7 Å². The van der Waals surface area contributed by atoms with Gasteiger partial charge in [0.25, 0.3) is 0 Å². The van der Waals surface area contributed by atoms with Crippen molar-refractivity contribution < 1.29 is 9.15 Å². The Labute approximate surface area is 118 Å². The van der Waals surface area contributed by atoms with Gasteiger partial charge < -0.3 is 14.5 Å². The van der Waals surface area contributed by atoms with Crippen LogP contribution in [-0.2, 0) is 13.2 Å². The van der Waals surface area contributed by atoms with Gasteiger partial charge in [-0.25, -0.2) is 0 Å². The molecule has 3 nitrogen and oxygen atoms in total. The lowest BCUT2D eigenvalue weighted by molar-refractivity contribution is 0.266. The smallest absolute Gasteiger partial charge is 0.146 e. The van der Waals surface area contributed by atoms with Gasteiger partial charge in [0.2, 0.25) is 0 Å². The molecule has 2 aromatic rings. The number of halogens is 1. The van der Waals surface area contributed by atoms with Gasteiger partial charge in [-0.15, -0.1) is 0 Å². The molecule has 19 heavy (non-hydrogen) atoms. The van der Waals surface area contributed by atoms with Crippen molar-refractivity contribution >= 4 is 11.6 Å². The molecule has 4 heteroatoms. The lowest BCUT2D eigenvalue weighted by atomic mass is 10.2. The average Bonchev–Trinajstić information content (AvgIpc) is 2.72. The van der Waals surface area contributed by atoms with Crippen LogP contribution >= 0.6 is 11.6 Å². The molecule has 0 saturated carbocycles. The van der Waals surface area contributed by atoms with Crippen LogP contribution in [0.2, 0.25) is 5.02 Å². The zero-order chi connectivity index (χ0) is 13.8. The van der Waals surface area contributed by atoms with Crippen LogP contribution in [0.25, 0.3) is 0 Å². The predicted molar refractivity (Wildman–Crippen MR) is 76.7 cm³/mol. The highest BCUT2D eigenvalue weighted by Gasteiger charge is 2.08. The molecule has 1 aromatic heterocycles. The first-order chi connectivity index (χ1) is 9.10. The summed E-state index contributed by atoms with van der Waals surface area (Å²) in [6, 6.07) is 7.64. The second-order valence-electron chi connectivity index (χ2n) is 4.52. The van der Waals surface area contributed by atoms with E-state index in [0.29, 0.717) is 11.6 Å². The molecule has 0 saturated heterocycles. The molecule has 0 spiro atoms. The maximum absolute atomic E-state index is 5.96. The van der Waals surface area contributed by atoms with Crippen LogP contribution in [0.4, 0.5) is 0 Å². The Morgan fingerprint density at radius 3 is 2.79 bits per heavy atom. The van der Waals surface area contributed by atoms with Crippen molar-refractivity contribution in [3.05, 3.63) is 51.9 Å². The number of hydrogen-bond donors (Lipinski definition) is 1. The summed E-state index contributed by atoms with van der Waals surface area (Å²) in [5, 5.41) is 3.78. The van der Waals surface area contributed by atoms with E-state index in [1.54, 1.807) is 0 Å². The van der Waals surface area contributed by atoms with Crippen LogP contribution in [0.15, 0.2) is 28.7 Å². The van der Waals surface area contributed by atoms with E-state index < -0.39 is 0 Å². The third-order valence-corrected chi connectivity index (χ3v) is 3.19. The fourth-order valence-corrected chi connectivity index (χ4v) is 2.07. The third kappa shape index (κ3) is 3.52. The molecule has 0 aliphatic rings. The molecular formula is C15H18ClNO2. The highest BCUT2D eigenvalue weighted by molar-refractivity contribution is 6.30. The summed E-state index contributed by atoms with van der Waals surface area (Å²) in [7, 11) is 1.91. The Kier molecular flexibility index (Phi) is 4.51. The summed E-state index contributed by atoms with van der Waals surface area (Å²) in [5.41, 5.74) is 2.21. The van der Waals surface area contributed by atoms with Crippen molar-refractivity contribution in [1.29, 1.82) is 0 Å². The zero-order valence-electron chi connectivity index (χ0n) is 11.4. The lowest BCUT2D eigenvalue weighted by Crippen LogP contribution is -2.04. The maximum atomic E-state index is 5.96. The number of aryl methyl sites for hydroxylation is 2. The fraction of sp³-hybridized carbons (Fsp3) is 0.333. The quantitative estimate of drug-likeness (QED) is 0.903. The molecule has 0 fully saturated rings. The van der Waals surface area contributed by atoms with Gasteiger partial charge in [0.05, 0.1) is 0 Å². The summed E-state index contributed by atoms with van der Waals surface area (Å²) < 4.78 is 11.4. The number of furan rings is 1. The normalized spacial score (nSPS) is 10.7. The largest absolute Gasteiger partial charge is 0.485 e. The number of nitrogens with one attached hydrogen (secondary N) is 1. The summed E-state index contributed by atoms with van der Waals surface area (Å²) in [6.07, 6.45) is 0. The van der Waals surface area contributed by atoms with Gasteiger partial charge in [0.15, 0.2) is 0 Å². The lowest BCUT2D eigenvalue weighted by Gasteiger charge is -2.07. The standard InChI is InChI=1S/C15H18ClNO2/c1-10-4-5-13(16)7-15(10)18-9-14-6-12(8-17-3)11(2)19-14/h4-7,17H,8-9H2,1-3H3. The van der Waals surface area contributed by atoms with Crippen molar-refractivity contribution in [3.63, 3.8) is 0 Å². The van der Waals surface area contributed by atoms with Gasteiger partial charge in [-0.3, -0.25) is 0 Å². The SMILES string of the molecule is CNCc1cc(COc2cc(Cl)ccc2C)oc1C. The van der Waals surface area contributed by atoms with E-state index in [9.17, 15) is 0 Å². The Hall–Kier alpha value is -1.45. The molecule has 1 heterocycles. The van der Waals surface area contributed by atoms with Gasteiger partial charge in [-0.2, -0.15) is 0 Å². The molecule has 1 aromatic carbocycles. The number of benzene rings is 1. The molecule has 0 radical (unpaired) electrons. The van der Waals surface area contributed by atoms with Crippen LogP contribution in [0.3, 0.4) is 0 Å². The maximum Gasteiger partial charge on any atom is 0.146 e. The zero-order valence-corrected chi connectivity index (χ0v) is 12.2. The molecule has 0 bridgehead atoms. The molecule has 0 atom stereocenters. The van der Waals surface area contributed by atoms with Crippen LogP contribution < -0.4 is 10.1 Å². The highest BCUT2D eigenvalue weighted by Crippen LogP contribution is 2.24. The molecule has 1 N–H and O–H groups in total. The van der Waals surface area contributed by atoms with Crippen LogP contribution in [-0.4, -0.2) is 7.05 Å². The van der Waals surface area contributed by atoms with Crippen LogP contribution in [0, 0.1) is 13.8 Å². The summed E-state index contributed by atoms with van der Waals surface area (Å²) in [6.45, 7) is 5.16. The van der Waals surface area contributed by atoms with Gasteiger partial charge in [0.1, 0.15) is 23.9 Å². The minimum atomic E-state index is 0.408. The summed E-state index contributed by atoms with van der Waals surface area (Å²) in [4.78, 5) is 0. The average molecular weight is 280 g/mol. The molecule has 102 valence electrons.